The molecule has 12 aromatic carbocycles. The van der Waals surface area contributed by atoms with Crippen molar-refractivity contribution in [1.29, 1.82) is 0 Å². The molecular formula is C127H138B2ClN5. The Morgan fingerprint density at radius 1 is 0.326 bits per heavy atom. The molecular weight excluding hydrogens is 1650 g/mol. The smallest absolute Gasteiger partial charge is 0.252 e. The number of hydrogen-bond acceptors (Lipinski definition) is 3. The number of aryl methyl sites for hydroxylation is 4. The number of anilines is 8. The molecule has 0 spiro atoms. The number of nitrogens with zero attached hydrogens (tertiary/aromatic N) is 5. The topological polar surface area (TPSA) is 19.6 Å². The molecule has 14 aromatic rings. The summed E-state index contributed by atoms with van der Waals surface area (Å²) in [7, 11) is 0. The van der Waals surface area contributed by atoms with Crippen LogP contribution in [0, 0.1) is 33.1 Å². The van der Waals surface area contributed by atoms with Gasteiger partial charge in [0.05, 0.1) is 16.9 Å². The van der Waals surface area contributed by atoms with E-state index in [0.717, 1.165) is 5.02 Å². The first-order chi connectivity index (χ1) is 63.7. The molecule has 26 rings (SSSR count). The van der Waals surface area contributed by atoms with Crippen molar-refractivity contribution in [3.05, 3.63) is 306 Å². The Bertz CT molecular complexity index is 7560. The lowest BCUT2D eigenvalue weighted by molar-refractivity contribution is 0.109. The lowest BCUT2D eigenvalue weighted by Crippen LogP contribution is -2.60. The van der Waals surface area contributed by atoms with Crippen LogP contribution in [0.4, 0.5) is 45.5 Å². The second-order valence-electron chi connectivity index (χ2n) is 50.8. The third-order valence-electron chi connectivity index (χ3n) is 38.0. The molecule has 5 nitrogen and oxygen atoms in total. The van der Waals surface area contributed by atoms with Crippen LogP contribution >= 0.6 is 11.6 Å². The Morgan fingerprint density at radius 3 is 1.25 bits per heavy atom. The van der Waals surface area contributed by atoms with Crippen LogP contribution in [0.15, 0.2) is 206 Å². The summed E-state index contributed by atoms with van der Waals surface area (Å²) >= 11 is 6.92. The zero-order valence-electron chi connectivity index (χ0n) is 85.6. The molecule has 4 atom stereocenters. The molecule has 684 valence electrons. The summed E-state index contributed by atoms with van der Waals surface area (Å²) in [6.07, 6.45) is 16.6. The van der Waals surface area contributed by atoms with Crippen molar-refractivity contribution < 1.29 is 0 Å². The van der Waals surface area contributed by atoms with Crippen LogP contribution in [0.25, 0.3) is 55.7 Å². The van der Waals surface area contributed by atoms with Gasteiger partial charge in [0.1, 0.15) is 0 Å². The van der Waals surface area contributed by atoms with Gasteiger partial charge in [0.15, 0.2) is 0 Å². The van der Waals surface area contributed by atoms with Crippen molar-refractivity contribution in [3.8, 4) is 33.9 Å². The van der Waals surface area contributed by atoms with Crippen LogP contribution in [0.2, 0.25) is 5.02 Å². The van der Waals surface area contributed by atoms with Gasteiger partial charge in [-0.05, 0) is 330 Å². The van der Waals surface area contributed by atoms with E-state index < -0.39 is 0 Å². The van der Waals surface area contributed by atoms with Gasteiger partial charge in [-0.25, -0.2) is 0 Å². The first-order valence-corrected chi connectivity index (χ1v) is 51.9. The minimum absolute atomic E-state index is 0.0424. The van der Waals surface area contributed by atoms with E-state index in [2.05, 4.69) is 410 Å². The van der Waals surface area contributed by atoms with Gasteiger partial charge in [0, 0.05) is 111 Å². The maximum absolute atomic E-state index is 6.92. The number of rotatable bonds is 3. The molecule has 135 heavy (non-hydrogen) atoms. The van der Waals surface area contributed by atoms with Crippen molar-refractivity contribution in [3.63, 3.8) is 0 Å². The first-order valence-electron chi connectivity index (χ1n) is 51.5. The minimum atomic E-state index is -0.121. The van der Waals surface area contributed by atoms with E-state index in [1.165, 1.54) is 301 Å². The van der Waals surface area contributed by atoms with Crippen LogP contribution in [0.5, 0.6) is 0 Å². The van der Waals surface area contributed by atoms with Gasteiger partial charge < -0.3 is 23.8 Å². The Hall–Kier alpha value is -10.5. The van der Waals surface area contributed by atoms with E-state index >= 15 is 0 Å². The maximum Gasteiger partial charge on any atom is 0.252 e. The fourth-order valence-electron chi connectivity index (χ4n) is 29.8. The molecule has 2 aromatic heterocycles. The normalized spacial score (nSPS) is 22.8. The fraction of sp³-hybridized carbons (Fsp3) is 0.402. The Labute approximate surface area is 811 Å². The molecule has 0 amide bonds. The van der Waals surface area contributed by atoms with E-state index in [4.69, 9.17) is 11.6 Å². The van der Waals surface area contributed by atoms with Gasteiger partial charge in [-0.3, -0.25) is 0 Å². The number of halogens is 1. The Morgan fingerprint density at radius 2 is 0.756 bits per heavy atom. The summed E-state index contributed by atoms with van der Waals surface area (Å²) in [5.41, 5.74) is 55.8. The average Bonchev–Trinajstić information content (AvgIpc) is 1.54. The molecule has 0 bridgehead atoms. The fourth-order valence-corrected chi connectivity index (χ4v) is 30.0. The predicted molar refractivity (Wildman–Crippen MR) is 579 cm³/mol. The van der Waals surface area contributed by atoms with Gasteiger partial charge in [-0.15, -0.1) is 0 Å². The zero-order valence-corrected chi connectivity index (χ0v) is 86.3. The Kier molecular flexibility index (Phi) is 18.4. The van der Waals surface area contributed by atoms with Crippen molar-refractivity contribution in [2.24, 2.45) is 5.41 Å². The quantitative estimate of drug-likeness (QED) is 0.164. The molecule has 0 N–H and O–H groups in total. The lowest BCUT2D eigenvalue weighted by atomic mass is 9.33. The molecule has 2 fully saturated rings. The molecule has 4 unspecified atom stereocenters. The van der Waals surface area contributed by atoms with Crippen LogP contribution in [0.3, 0.4) is 0 Å². The van der Waals surface area contributed by atoms with Crippen LogP contribution < -0.4 is 47.5 Å². The predicted octanol–water partition coefficient (Wildman–Crippen LogP) is 30.1. The summed E-state index contributed by atoms with van der Waals surface area (Å²) in [6.45, 7) is 63.1. The second kappa shape index (κ2) is 28.4. The van der Waals surface area contributed by atoms with Crippen LogP contribution in [0.1, 0.15) is 324 Å². The zero-order chi connectivity index (χ0) is 94.5. The van der Waals surface area contributed by atoms with E-state index in [1.54, 1.807) is 11.1 Å². The van der Waals surface area contributed by atoms with E-state index in [0.29, 0.717) is 10.8 Å². The SMILES string of the molecule is CC(C)(C)c1ccc2c(c1)C1(C)CCCCC1(C)C2.Cc1cc2c3c(c1)-n1c4c(c5cccc(c51)B3c1ccc(Cl)cc1N2c1cc2c(cc1C)C(C)(C)CCC2(C)C)C(C)(C)c1ccccc1-4.Cc1cc2c3c(c1)-n1c4c(c5cccc(c51)B3c1ccc(N3c5ccc(C(C)(C)C)cc5C5(C)CCCCC35C)cc1N2c1cc2c(cc1C)C(C)(C)CCC2(C)C)C(C)(C)c1ccccc1-4. The summed E-state index contributed by atoms with van der Waals surface area (Å²) in [5, 5.41) is 3.54. The highest BCUT2D eigenvalue weighted by molar-refractivity contribution is 7.01. The third-order valence-corrected chi connectivity index (χ3v) is 38.3. The highest BCUT2D eigenvalue weighted by Crippen LogP contribution is 2.65. The molecule has 7 heterocycles. The van der Waals surface area contributed by atoms with Crippen LogP contribution in [-0.2, 0) is 60.6 Å². The number of hydrogen-bond donors (Lipinski definition) is 0. The van der Waals surface area contributed by atoms with Crippen molar-refractivity contribution in [2.45, 2.75) is 323 Å². The van der Waals surface area contributed by atoms with Gasteiger partial charge in [0.2, 0.25) is 0 Å². The molecule has 2 saturated carbocycles. The molecule has 8 heteroatoms. The van der Waals surface area contributed by atoms with Gasteiger partial charge >= 0.3 is 0 Å². The van der Waals surface area contributed by atoms with Crippen LogP contribution in [-0.4, -0.2) is 28.1 Å². The molecule has 7 aliphatic carbocycles. The molecule has 0 saturated heterocycles. The monoisotopic (exact) mass is 1790 g/mol. The van der Waals surface area contributed by atoms with E-state index in [1.807, 2.05) is 0 Å². The lowest BCUT2D eigenvalue weighted by Gasteiger charge is -2.50. The highest BCUT2D eigenvalue weighted by atomic mass is 35.5. The summed E-state index contributed by atoms with van der Waals surface area (Å²) in [6, 6.07) is 81.9. The van der Waals surface area contributed by atoms with Gasteiger partial charge in [-0.2, -0.15) is 0 Å². The standard InChI is InChI=1S/C63H68BN3.C45H42BClN2.C19H28/c1-37-31-52-55-53(32-37)66-56-42(54-57(66)41-19-14-15-21-43(41)61(54,10)11)20-18-22-48(56)64(55)47-25-24-40(35-51(47)65(52)50-36-45-44(33-38(50)2)59(6,7)29-30-60(45,8)9)67-49-26-23-39(58(3,4)5)34-46(49)62(12)27-16-17-28-63(62,67)13;1-25-20-37-40-38(21-25)49-41-29(39-42(49)28-12-9-10-14-30(28)45(39,7)8)13-11-15-34(41)46(40)33-17-16-27(47)23-36(33)48(37)35-24-32-31(22-26(35)2)43(3,4)18-19-44(32,5)6;1-17(2,3)15-9-8-14-13-18(4)10-6-7-11-19(18,5)16(14)12-15/h14-15,18-26,31-36H,16-17,27-30H2,1-13H3;9-17,20-24H,18-19H2,1-8H3;8-9,12H,6-7,10-11,13H2,1-5H3. The number of para-hydroxylation sites is 2. The third kappa shape index (κ3) is 11.8. The van der Waals surface area contributed by atoms with Gasteiger partial charge in [-0.1, -0.05) is 322 Å². The number of fused-ring (bicyclic) bond motifs is 26. The van der Waals surface area contributed by atoms with E-state index in [9.17, 15) is 0 Å². The number of benzene rings is 12. The van der Waals surface area contributed by atoms with Crippen molar-refractivity contribution in [1.82, 2.24) is 9.13 Å². The molecule has 0 radical (unpaired) electrons. The minimum Gasteiger partial charge on any atom is -0.334 e. The Balaban J connectivity index is 0.000000127. The second-order valence-corrected chi connectivity index (χ2v) is 51.2. The average molecular weight is 1790 g/mol. The summed E-state index contributed by atoms with van der Waals surface area (Å²) < 4.78 is 5.34. The van der Waals surface area contributed by atoms with Crippen molar-refractivity contribution in [2.75, 3.05) is 14.7 Å². The largest absolute Gasteiger partial charge is 0.334 e. The summed E-state index contributed by atoms with van der Waals surface area (Å²) in [4.78, 5) is 8.11. The molecule has 5 aliphatic heterocycles. The summed E-state index contributed by atoms with van der Waals surface area (Å²) in [5.74, 6) is 0. The number of aromatic nitrogens is 2. The first kappa shape index (κ1) is 87.3. The van der Waals surface area contributed by atoms with E-state index in [-0.39, 0.29) is 67.7 Å². The van der Waals surface area contributed by atoms with Gasteiger partial charge in [0.25, 0.3) is 13.4 Å². The highest BCUT2D eigenvalue weighted by Gasteiger charge is 2.60. The maximum atomic E-state index is 6.92. The molecule has 12 aliphatic rings. The van der Waals surface area contributed by atoms with Crippen molar-refractivity contribution >= 4 is 125 Å².